The van der Waals surface area contributed by atoms with Crippen molar-refractivity contribution in [2.45, 2.75) is 13.3 Å². The Morgan fingerprint density at radius 1 is 1.12 bits per heavy atom. The summed E-state index contributed by atoms with van der Waals surface area (Å²) in [6.07, 6.45) is 0.172. The lowest BCUT2D eigenvalue weighted by Crippen LogP contribution is -2.14. The quantitative estimate of drug-likeness (QED) is 0.712. The fraction of sp³-hybridized carbons (Fsp3) is 0.263. The van der Waals surface area contributed by atoms with Gasteiger partial charge in [-0.2, -0.15) is 0 Å². The largest absolute Gasteiger partial charge is 0.493 e. The van der Waals surface area contributed by atoms with Crippen LogP contribution in [0.3, 0.4) is 0 Å². The molecule has 0 atom stereocenters. The first-order valence-electron chi connectivity index (χ1n) is 8.00. The predicted octanol–water partition coefficient (Wildman–Crippen LogP) is 3.81. The second-order valence-electron chi connectivity index (χ2n) is 5.70. The third-order valence-corrected chi connectivity index (χ3v) is 4.89. The van der Waals surface area contributed by atoms with Crippen LogP contribution in [0.15, 0.2) is 30.3 Å². The molecule has 0 saturated heterocycles. The molecule has 136 valence electrons. The third-order valence-electron chi connectivity index (χ3n) is 3.96. The Labute approximate surface area is 155 Å². The number of carbonyl (C=O) groups is 1. The third kappa shape index (κ3) is 3.57. The monoisotopic (exact) mass is 372 g/mol. The second kappa shape index (κ2) is 7.61. The summed E-state index contributed by atoms with van der Waals surface area (Å²) in [5.74, 6) is 1.38. The maximum atomic E-state index is 12.4. The molecule has 0 aliphatic carbocycles. The van der Waals surface area contributed by atoms with E-state index in [1.54, 1.807) is 33.5 Å². The van der Waals surface area contributed by atoms with Crippen LogP contribution < -0.4 is 19.5 Å². The number of anilines is 1. The zero-order chi connectivity index (χ0) is 18.7. The van der Waals surface area contributed by atoms with Crippen molar-refractivity contribution in [2.24, 2.45) is 0 Å². The molecule has 0 bridgehead atoms. The van der Waals surface area contributed by atoms with Crippen LogP contribution in [0.5, 0.6) is 17.2 Å². The molecule has 1 N–H and O–H groups in total. The number of methoxy groups -OCH3 is 3. The molecule has 0 unspecified atom stereocenters. The SMILES string of the molecule is COc1cc(CC(=O)Nc2nc3c(C)cccc3s2)cc(OC)c1OC. The van der Waals surface area contributed by atoms with E-state index in [9.17, 15) is 4.79 Å². The lowest BCUT2D eigenvalue weighted by atomic mass is 10.1. The number of fused-ring (bicyclic) bond motifs is 1. The van der Waals surface area contributed by atoms with Gasteiger partial charge in [0.15, 0.2) is 16.6 Å². The fourth-order valence-electron chi connectivity index (χ4n) is 2.73. The maximum Gasteiger partial charge on any atom is 0.230 e. The fourth-order valence-corrected chi connectivity index (χ4v) is 3.69. The number of hydrogen-bond donors (Lipinski definition) is 1. The van der Waals surface area contributed by atoms with Gasteiger partial charge in [-0.3, -0.25) is 4.79 Å². The molecule has 1 amide bonds. The van der Waals surface area contributed by atoms with Crippen molar-refractivity contribution >= 4 is 32.6 Å². The molecule has 0 aliphatic rings. The van der Waals surface area contributed by atoms with E-state index < -0.39 is 0 Å². The summed E-state index contributed by atoms with van der Waals surface area (Å²) in [4.78, 5) is 16.9. The number of thiazole rings is 1. The number of amides is 1. The van der Waals surface area contributed by atoms with Gasteiger partial charge in [0, 0.05) is 0 Å². The Balaban J connectivity index is 1.79. The van der Waals surface area contributed by atoms with Gasteiger partial charge in [0.05, 0.1) is 38.0 Å². The number of rotatable bonds is 6. The molecule has 0 spiro atoms. The average Bonchev–Trinajstić information content (AvgIpc) is 3.04. The first-order valence-corrected chi connectivity index (χ1v) is 8.82. The molecule has 6 nitrogen and oxygen atoms in total. The van der Waals surface area contributed by atoms with Crippen molar-refractivity contribution < 1.29 is 19.0 Å². The summed E-state index contributed by atoms with van der Waals surface area (Å²) in [6, 6.07) is 9.52. The van der Waals surface area contributed by atoms with E-state index in [0.717, 1.165) is 21.3 Å². The molecular weight excluding hydrogens is 352 g/mol. The molecule has 1 heterocycles. The molecule has 0 radical (unpaired) electrons. The van der Waals surface area contributed by atoms with Gasteiger partial charge in [-0.05, 0) is 36.2 Å². The Morgan fingerprint density at radius 2 is 1.81 bits per heavy atom. The minimum atomic E-state index is -0.156. The van der Waals surface area contributed by atoms with Crippen LogP contribution in [0.4, 0.5) is 5.13 Å². The van der Waals surface area contributed by atoms with Crippen molar-refractivity contribution in [3.8, 4) is 17.2 Å². The molecule has 0 aliphatic heterocycles. The van der Waals surface area contributed by atoms with Crippen molar-refractivity contribution in [1.82, 2.24) is 4.98 Å². The van der Waals surface area contributed by atoms with Crippen LogP contribution in [0.2, 0.25) is 0 Å². The molecule has 0 saturated carbocycles. The summed E-state index contributed by atoms with van der Waals surface area (Å²) >= 11 is 1.46. The number of para-hydroxylation sites is 1. The van der Waals surface area contributed by atoms with Gasteiger partial charge in [-0.1, -0.05) is 23.5 Å². The molecule has 2 aromatic carbocycles. The average molecular weight is 372 g/mol. The number of ether oxygens (including phenoxy) is 3. The lowest BCUT2D eigenvalue weighted by Gasteiger charge is -2.13. The molecule has 3 aromatic rings. The Hall–Kier alpha value is -2.80. The van der Waals surface area contributed by atoms with Gasteiger partial charge in [0.2, 0.25) is 11.7 Å². The van der Waals surface area contributed by atoms with E-state index in [2.05, 4.69) is 10.3 Å². The van der Waals surface area contributed by atoms with Crippen LogP contribution in [-0.2, 0) is 11.2 Å². The number of carbonyl (C=O) groups excluding carboxylic acids is 1. The smallest absolute Gasteiger partial charge is 0.230 e. The van der Waals surface area contributed by atoms with E-state index in [1.165, 1.54) is 11.3 Å². The van der Waals surface area contributed by atoms with Crippen LogP contribution in [0, 0.1) is 6.92 Å². The highest BCUT2D eigenvalue weighted by Gasteiger charge is 2.16. The van der Waals surface area contributed by atoms with E-state index in [4.69, 9.17) is 14.2 Å². The predicted molar refractivity (Wildman–Crippen MR) is 103 cm³/mol. The molecule has 3 rings (SSSR count). The van der Waals surface area contributed by atoms with Crippen LogP contribution >= 0.6 is 11.3 Å². The van der Waals surface area contributed by atoms with Gasteiger partial charge >= 0.3 is 0 Å². The van der Waals surface area contributed by atoms with Crippen molar-refractivity contribution in [1.29, 1.82) is 0 Å². The van der Waals surface area contributed by atoms with Crippen LogP contribution in [0.25, 0.3) is 10.2 Å². The first-order chi connectivity index (χ1) is 12.5. The minimum Gasteiger partial charge on any atom is -0.493 e. The molecular formula is C19H20N2O4S. The Bertz CT molecular complexity index is 927. The van der Waals surface area contributed by atoms with Crippen LogP contribution in [-0.4, -0.2) is 32.2 Å². The summed E-state index contributed by atoms with van der Waals surface area (Å²) in [7, 11) is 4.64. The second-order valence-corrected chi connectivity index (χ2v) is 6.73. The number of hydrogen-bond acceptors (Lipinski definition) is 6. The van der Waals surface area contributed by atoms with E-state index >= 15 is 0 Å². The van der Waals surface area contributed by atoms with Crippen molar-refractivity contribution in [3.05, 3.63) is 41.5 Å². The normalized spacial score (nSPS) is 10.6. The van der Waals surface area contributed by atoms with Gasteiger partial charge in [0.25, 0.3) is 0 Å². The Kier molecular flexibility index (Phi) is 5.27. The standard InChI is InChI=1S/C19H20N2O4S/c1-11-6-5-7-15-17(11)21-19(26-15)20-16(22)10-12-8-13(23-2)18(25-4)14(9-12)24-3/h5-9H,10H2,1-4H3,(H,20,21,22). The first kappa shape index (κ1) is 18.0. The number of benzene rings is 2. The van der Waals surface area contributed by atoms with Crippen LogP contribution in [0.1, 0.15) is 11.1 Å². The van der Waals surface area contributed by atoms with Gasteiger partial charge in [-0.25, -0.2) is 4.98 Å². The number of aromatic nitrogens is 1. The molecule has 26 heavy (non-hydrogen) atoms. The van der Waals surface area contributed by atoms with E-state index in [0.29, 0.717) is 22.4 Å². The van der Waals surface area contributed by atoms with Gasteiger partial charge < -0.3 is 19.5 Å². The summed E-state index contributed by atoms with van der Waals surface area (Å²) < 4.78 is 17.0. The Morgan fingerprint density at radius 3 is 2.38 bits per heavy atom. The summed E-state index contributed by atoms with van der Waals surface area (Å²) in [6.45, 7) is 2.00. The highest BCUT2D eigenvalue weighted by atomic mass is 32.1. The lowest BCUT2D eigenvalue weighted by molar-refractivity contribution is -0.115. The van der Waals surface area contributed by atoms with Gasteiger partial charge in [0.1, 0.15) is 0 Å². The van der Waals surface area contributed by atoms with E-state index in [1.807, 2.05) is 25.1 Å². The highest BCUT2D eigenvalue weighted by Crippen LogP contribution is 2.38. The maximum absolute atomic E-state index is 12.4. The molecule has 1 aromatic heterocycles. The summed E-state index contributed by atoms with van der Waals surface area (Å²) in [5.41, 5.74) is 2.76. The number of aryl methyl sites for hydroxylation is 1. The van der Waals surface area contributed by atoms with Crippen molar-refractivity contribution in [3.63, 3.8) is 0 Å². The topological polar surface area (TPSA) is 69.7 Å². The number of nitrogens with zero attached hydrogens (tertiary/aromatic N) is 1. The number of nitrogens with one attached hydrogen (secondary N) is 1. The molecule has 7 heteroatoms. The van der Waals surface area contributed by atoms with Crippen molar-refractivity contribution in [2.75, 3.05) is 26.6 Å². The summed E-state index contributed by atoms with van der Waals surface area (Å²) in [5, 5.41) is 3.46. The van der Waals surface area contributed by atoms with Gasteiger partial charge in [-0.15, -0.1) is 0 Å². The van der Waals surface area contributed by atoms with E-state index in [-0.39, 0.29) is 12.3 Å². The molecule has 0 fully saturated rings. The highest BCUT2D eigenvalue weighted by molar-refractivity contribution is 7.22. The zero-order valence-electron chi connectivity index (χ0n) is 15.1. The minimum absolute atomic E-state index is 0.156. The zero-order valence-corrected chi connectivity index (χ0v) is 15.9.